The van der Waals surface area contributed by atoms with Crippen molar-refractivity contribution in [2.24, 2.45) is 5.92 Å². The SMILES string of the molecule is CCOC1(c2nc3c(c(=O)[nH]2)CCC3)CCC(C)CC1. The van der Waals surface area contributed by atoms with Crippen LogP contribution in [-0.4, -0.2) is 16.6 Å². The number of H-pyrrole nitrogens is 1. The van der Waals surface area contributed by atoms with Crippen molar-refractivity contribution in [1.82, 2.24) is 9.97 Å². The molecule has 1 saturated carbocycles. The van der Waals surface area contributed by atoms with Gasteiger partial charge in [0.25, 0.3) is 5.56 Å². The van der Waals surface area contributed by atoms with Crippen LogP contribution in [0.1, 0.15) is 63.0 Å². The monoisotopic (exact) mass is 276 g/mol. The Morgan fingerprint density at radius 2 is 2.10 bits per heavy atom. The molecule has 2 aliphatic carbocycles. The van der Waals surface area contributed by atoms with E-state index in [-0.39, 0.29) is 11.2 Å². The normalized spacial score (nSPS) is 29.4. The van der Waals surface area contributed by atoms with Crippen molar-refractivity contribution in [3.63, 3.8) is 0 Å². The summed E-state index contributed by atoms with van der Waals surface area (Å²) in [5.41, 5.74) is 1.59. The highest BCUT2D eigenvalue weighted by Crippen LogP contribution is 2.41. The van der Waals surface area contributed by atoms with E-state index in [2.05, 4.69) is 11.9 Å². The summed E-state index contributed by atoms with van der Waals surface area (Å²) in [7, 11) is 0. The molecule has 0 unspecified atom stereocenters. The first-order valence-corrected chi connectivity index (χ1v) is 7.91. The van der Waals surface area contributed by atoms with E-state index >= 15 is 0 Å². The first-order valence-electron chi connectivity index (χ1n) is 7.91. The number of aromatic amines is 1. The van der Waals surface area contributed by atoms with Gasteiger partial charge in [-0.1, -0.05) is 6.92 Å². The lowest BCUT2D eigenvalue weighted by Gasteiger charge is -2.38. The van der Waals surface area contributed by atoms with E-state index in [4.69, 9.17) is 9.72 Å². The number of rotatable bonds is 3. The maximum Gasteiger partial charge on any atom is 0.254 e. The van der Waals surface area contributed by atoms with E-state index in [0.717, 1.165) is 67.9 Å². The third kappa shape index (κ3) is 2.30. The standard InChI is InChI=1S/C16H24N2O2/c1-3-20-16(9-7-11(2)8-10-16)15-17-13-6-4-5-12(13)14(19)18-15/h11H,3-10H2,1-2H3,(H,17,18,19). The molecule has 2 aliphatic rings. The third-order valence-electron chi connectivity index (χ3n) is 4.88. The quantitative estimate of drug-likeness (QED) is 0.923. The van der Waals surface area contributed by atoms with Gasteiger partial charge in [-0.05, 0) is 57.8 Å². The number of hydrogen-bond donors (Lipinski definition) is 1. The van der Waals surface area contributed by atoms with Crippen molar-refractivity contribution in [3.05, 3.63) is 27.4 Å². The Morgan fingerprint density at radius 1 is 1.35 bits per heavy atom. The molecule has 0 amide bonds. The number of nitrogens with one attached hydrogen (secondary N) is 1. The average Bonchev–Trinajstić information content (AvgIpc) is 2.91. The molecular formula is C16H24N2O2. The number of ether oxygens (including phenoxy) is 1. The Balaban J connectivity index is 2.00. The largest absolute Gasteiger partial charge is 0.367 e. The minimum absolute atomic E-state index is 0.0557. The molecule has 1 aromatic heterocycles. The highest BCUT2D eigenvalue weighted by atomic mass is 16.5. The van der Waals surface area contributed by atoms with Crippen LogP contribution in [0.2, 0.25) is 0 Å². The van der Waals surface area contributed by atoms with Gasteiger partial charge in [-0.3, -0.25) is 4.79 Å². The van der Waals surface area contributed by atoms with E-state index in [1.165, 1.54) is 0 Å². The maximum atomic E-state index is 12.2. The van der Waals surface area contributed by atoms with E-state index in [1.54, 1.807) is 0 Å². The molecule has 3 rings (SSSR count). The van der Waals surface area contributed by atoms with Crippen LogP contribution in [0.3, 0.4) is 0 Å². The van der Waals surface area contributed by atoms with E-state index in [0.29, 0.717) is 6.61 Å². The zero-order valence-corrected chi connectivity index (χ0v) is 12.5. The molecule has 1 heterocycles. The van der Waals surface area contributed by atoms with Gasteiger partial charge in [-0.15, -0.1) is 0 Å². The molecule has 0 aromatic carbocycles. The molecule has 20 heavy (non-hydrogen) atoms. The molecule has 0 radical (unpaired) electrons. The molecular weight excluding hydrogens is 252 g/mol. The number of hydrogen-bond acceptors (Lipinski definition) is 3. The molecule has 4 nitrogen and oxygen atoms in total. The molecule has 0 atom stereocenters. The Labute approximate surface area is 120 Å². The molecule has 0 saturated heterocycles. The Kier molecular flexibility index (Phi) is 3.67. The minimum Gasteiger partial charge on any atom is -0.367 e. The molecule has 0 aliphatic heterocycles. The van der Waals surface area contributed by atoms with Gasteiger partial charge in [0.05, 0.1) is 5.69 Å². The second kappa shape index (κ2) is 5.32. The summed E-state index contributed by atoms with van der Waals surface area (Å²) in [6, 6.07) is 0. The van der Waals surface area contributed by atoms with E-state index in [1.807, 2.05) is 6.92 Å². The van der Waals surface area contributed by atoms with Crippen LogP contribution in [0.4, 0.5) is 0 Å². The van der Waals surface area contributed by atoms with Gasteiger partial charge in [-0.25, -0.2) is 4.98 Å². The second-order valence-electron chi connectivity index (χ2n) is 6.30. The van der Waals surface area contributed by atoms with Gasteiger partial charge in [0.2, 0.25) is 0 Å². The van der Waals surface area contributed by atoms with Crippen molar-refractivity contribution in [3.8, 4) is 0 Å². The van der Waals surface area contributed by atoms with Gasteiger partial charge in [0.1, 0.15) is 11.4 Å². The average molecular weight is 276 g/mol. The summed E-state index contributed by atoms with van der Waals surface area (Å²) < 4.78 is 6.09. The maximum absolute atomic E-state index is 12.2. The smallest absolute Gasteiger partial charge is 0.254 e. The number of aryl methyl sites for hydroxylation is 1. The summed E-state index contributed by atoms with van der Waals surface area (Å²) in [6.07, 6.45) is 7.06. The first kappa shape index (κ1) is 13.8. The van der Waals surface area contributed by atoms with Crippen LogP contribution in [-0.2, 0) is 23.2 Å². The minimum atomic E-state index is -0.363. The van der Waals surface area contributed by atoms with Crippen LogP contribution < -0.4 is 5.56 Å². The van der Waals surface area contributed by atoms with Gasteiger partial charge in [-0.2, -0.15) is 0 Å². The molecule has 1 aromatic rings. The Hall–Kier alpha value is -1.16. The molecule has 1 fully saturated rings. The zero-order valence-electron chi connectivity index (χ0n) is 12.5. The van der Waals surface area contributed by atoms with Crippen molar-refractivity contribution >= 4 is 0 Å². The highest BCUT2D eigenvalue weighted by molar-refractivity contribution is 5.24. The van der Waals surface area contributed by atoms with Gasteiger partial charge in [0, 0.05) is 12.2 Å². The second-order valence-corrected chi connectivity index (χ2v) is 6.30. The van der Waals surface area contributed by atoms with E-state index in [9.17, 15) is 4.79 Å². The van der Waals surface area contributed by atoms with Crippen molar-refractivity contribution in [1.29, 1.82) is 0 Å². The van der Waals surface area contributed by atoms with Gasteiger partial charge in [0.15, 0.2) is 0 Å². The van der Waals surface area contributed by atoms with Crippen LogP contribution in [0, 0.1) is 5.92 Å². The lowest BCUT2D eigenvalue weighted by Crippen LogP contribution is -2.38. The van der Waals surface area contributed by atoms with Gasteiger partial charge < -0.3 is 9.72 Å². The summed E-state index contributed by atoms with van der Waals surface area (Å²) >= 11 is 0. The predicted octanol–water partition coefficient (Wildman–Crippen LogP) is 2.70. The predicted molar refractivity (Wildman–Crippen MR) is 77.8 cm³/mol. The van der Waals surface area contributed by atoms with Crippen LogP contribution in [0.25, 0.3) is 0 Å². The van der Waals surface area contributed by atoms with Gasteiger partial charge >= 0.3 is 0 Å². The topological polar surface area (TPSA) is 55.0 Å². The fraction of sp³-hybridized carbons (Fsp3) is 0.750. The Morgan fingerprint density at radius 3 is 2.80 bits per heavy atom. The van der Waals surface area contributed by atoms with Crippen LogP contribution in [0.15, 0.2) is 4.79 Å². The number of aromatic nitrogens is 2. The zero-order chi connectivity index (χ0) is 14.2. The summed E-state index contributed by atoms with van der Waals surface area (Å²) in [5, 5.41) is 0. The summed E-state index contributed by atoms with van der Waals surface area (Å²) in [6.45, 7) is 4.97. The van der Waals surface area contributed by atoms with Crippen molar-refractivity contribution < 1.29 is 4.74 Å². The summed E-state index contributed by atoms with van der Waals surface area (Å²) in [5.74, 6) is 1.52. The Bertz CT molecular complexity index is 542. The lowest BCUT2D eigenvalue weighted by atomic mass is 9.78. The van der Waals surface area contributed by atoms with Crippen molar-refractivity contribution in [2.45, 2.75) is 64.4 Å². The van der Waals surface area contributed by atoms with E-state index < -0.39 is 0 Å². The van der Waals surface area contributed by atoms with Crippen LogP contribution >= 0.6 is 0 Å². The van der Waals surface area contributed by atoms with Crippen molar-refractivity contribution in [2.75, 3.05) is 6.61 Å². The molecule has 110 valence electrons. The first-order chi connectivity index (χ1) is 9.64. The fourth-order valence-electron chi connectivity index (χ4n) is 3.61. The molecule has 0 spiro atoms. The molecule has 0 bridgehead atoms. The highest BCUT2D eigenvalue weighted by Gasteiger charge is 2.39. The lowest BCUT2D eigenvalue weighted by molar-refractivity contribution is -0.0839. The number of fused-ring (bicyclic) bond motifs is 1. The number of nitrogens with zero attached hydrogens (tertiary/aromatic N) is 1. The molecule has 4 heteroatoms. The van der Waals surface area contributed by atoms with Crippen LogP contribution in [0.5, 0.6) is 0 Å². The summed E-state index contributed by atoms with van der Waals surface area (Å²) in [4.78, 5) is 20.0. The fourth-order valence-corrected chi connectivity index (χ4v) is 3.61. The molecule has 1 N–H and O–H groups in total. The third-order valence-corrected chi connectivity index (χ3v) is 4.88.